The summed E-state index contributed by atoms with van der Waals surface area (Å²) in [5.74, 6) is 0.854. The van der Waals surface area contributed by atoms with Crippen LogP contribution in [0, 0.1) is 0 Å². The highest BCUT2D eigenvalue weighted by atomic mass is 32.2. The average Bonchev–Trinajstić information content (AvgIpc) is 3.78. The second-order valence-corrected chi connectivity index (χ2v) is 16.4. The van der Waals surface area contributed by atoms with Gasteiger partial charge in [0.25, 0.3) is 0 Å². The molecule has 1 saturated carbocycles. The van der Waals surface area contributed by atoms with E-state index in [1.807, 2.05) is 18.9 Å². The number of anilines is 1. The highest BCUT2D eigenvalue weighted by Crippen LogP contribution is 2.39. The number of aromatic nitrogens is 1. The van der Waals surface area contributed by atoms with Crippen molar-refractivity contribution in [1.82, 2.24) is 14.6 Å². The lowest BCUT2D eigenvalue weighted by molar-refractivity contribution is -0.0312. The van der Waals surface area contributed by atoms with Crippen molar-refractivity contribution >= 4 is 25.5 Å². The number of aliphatic hydroxyl groups excluding tert-OH is 1. The number of nitrogens with zero attached hydrogens (tertiary/aromatic N) is 3. The maximum atomic E-state index is 13.5. The topological polar surface area (TPSA) is 148 Å². The molecule has 1 spiro atoms. The third-order valence-electron chi connectivity index (χ3n) is 8.72. The molecule has 2 saturated heterocycles. The van der Waals surface area contributed by atoms with Gasteiger partial charge in [0, 0.05) is 32.7 Å². The fourth-order valence-corrected chi connectivity index (χ4v) is 9.21. The Hall–Kier alpha value is -2.49. The zero-order valence-electron chi connectivity index (χ0n) is 24.5. The van der Waals surface area contributed by atoms with Crippen LogP contribution in [-0.4, -0.2) is 107 Å². The summed E-state index contributed by atoms with van der Waals surface area (Å²) in [6.07, 6.45) is 3.82. The number of aliphatic hydroxyl groups is 1. The monoisotopic (exact) mass is 636 g/mol. The van der Waals surface area contributed by atoms with Crippen LogP contribution in [0.25, 0.3) is 0 Å². The van der Waals surface area contributed by atoms with Crippen LogP contribution >= 0.6 is 0 Å². The maximum Gasteiger partial charge on any atom is 0.244 e. The summed E-state index contributed by atoms with van der Waals surface area (Å²) >= 11 is 0. The van der Waals surface area contributed by atoms with Crippen LogP contribution in [0.3, 0.4) is 0 Å². The van der Waals surface area contributed by atoms with Gasteiger partial charge < -0.3 is 29.5 Å². The SMILES string of the molecule is C[C@@H]1CN(C)c2cc(S(=O)(=O)N3CCC4(CC3)C[C@@H](NC[C@H](O)COc3cccc(S(=O)(=O)C5CC5)c3)CO4)cnc2O1. The van der Waals surface area contributed by atoms with Crippen molar-refractivity contribution < 1.29 is 36.2 Å². The van der Waals surface area contributed by atoms with E-state index in [1.54, 1.807) is 24.3 Å². The second-order valence-electron chi connectivity index (χ2n) is 12.2. The number of benzene rings is 1. The average molecular weight is 637 g/mol. The summed E-state index contributed by atoms with van der Waals surface area (Å²) in [4.78, 5) is 6.67. The number of pyridine rings is 1. The number of fused-ring (bicyclic) bond motifs is 1. The highest BCUT2D eigenvalue weighted by Gasteiger charge is 2.45. The van der Waals surface area contributed by atoms with Gasteiger partial charge in [-0.2, -0.15) is 4.31 Å². The molecule has 6 rings (SSSR count). The first kappa shape index (κ1) is 30.5. The van der Waals surface area contributed by atoms with Crippen LogP contribution in [0.5, 0.6) is 11.6 Å². The Bertz CT molecular complexity index is 1540. The van der Waals surface area contributed by atoms with Crippen LogP contribution in [0.2, 0.25) is 0 Å². The largest absolute Gasteiger partial charge is 0.491 e. The number of ether oxygens (including phenoxy) is 3. The molecule has 1 aliphatic carbocycles. The Morgan fingerprint density at radius 2 is 1.93 bits per heavy atom. The van der Waals surface area contributed by atoms with E-state index in [-0.39, 0.29) is 40.3 Å². The van der Waals surface area contributed by atoms with Gasteiger partial charge >= 0.3 is 0 Å². The molecule has 3 fully saturated rings. The molecule has 0 amide bonds. The lowest BCUT2D eigenvalue weighted by atomic mass is 9.88. The highest BCUT2D eigenvalue weighted by molar-refractivity contribution is 7.92. The number of likely N-dealkylation sites (N-methyl/N-ethyl adjacent to an activating group) is 1. The zero-order chi connectivity index (χ0) is 30.4. The van der Waals surface area contributed by atoms with E-state index < -0.39 is 31.6 Å². The van der Waals surface area contributed by atoms with Crippen LogP contribution < -0.4 is 19.7 Å². The Morgan fingerprint density at radius 1 is 1.16 bits per heavy atom. The van der Waals surface area contributed by atoms with E-state index in [2.05, 4.69) is 10.3 Å². The van der Waals surface area contributed by atoms with Crippen LogP contribution in [0.15, 0.2) is 46.3 Å². The van der Waals surface area contributed by atoms with Gasteiger partial charge in [-0.15, -0.1) is 0 Å². The van der Waals surface area contributed by atoms with E-state index in [0.29, 0.717) is 69.2 Å². The molecule has 4 heterocycles. The molecule has 2 N–H and O–H groups in total. The van der Waals surface area contributed by atoms with E-state index in [4.69, 9.17) is 14.2 Å². The first-order chi connectivity index (χ1) is 20.4. The fourth-order valence-electron chi connectivity index (χ4n) is 6.11. The molecular weight excluding hydrogens is 596 g/mol. The van der Waals surface area contributed by atoms with Crippen molar-refractivity contribution in [2.24, 2.45) is 0 Å². The molecule has 4 aliphatic rings. The van der Waals surface area contributed by atoms with Crippen LogP contribution in [-0.2, 0) is 24.6 Å². The minimum absolute atomic E-state index is 0.0178. The van der Waals surface area contributed by atoms with Crippen LogP contribution in [0.4, 0.5) is 5.69 Å². The summed E-state index contributed by atoms with van der Waals surface area (Å²) in [6, 6.07) is 8.09. The molecule has 3 atom stereocenters. The maximum absolute atomic E-state index is 13.5. The summed E-state index contributed by atoms with van der Waals surface area (Å²) < 4.78 is 71.1. The Kier molecular flexibility index (Phi) is 8.37. The summed E-state index contributed by atoms with van der Waals surface area (Å²) in [5, 5.41) is 13.6. The zero-order valence-corrected chi connectivity index (χ0v) is 26.1. The Morgan fingerprint density at radius 3 is 2.67 bits per heavy atom. The number of sulfonamides is 1. The lowest BCUT2D eigenvalue weighted by Gasteiger charge is -2.38. The van der Waals surface area contributed by atoms with Gasteiger partial charge in [-0.1, -0.05) is 6.07 Å². The van der Waals surface area contributed by atoms with Crippen molar-refractivity contribution in [1.29, 1.82) is 0 Å². The quantitative estimate of drug-likeness (QED) is 0.392. The van der Waals surface area contributed by atoms with Gasteiger partial charge in [-0.3, -0.25) is 0 Å². The lowest BCUT2D eigenvalue weighted by Crippen LogP contribution is -2.47. The summed E-state index contributed by atoms with van der Waals surface area (Å²) in [6.45, 7) is 4.08. The van der Waals surface area contributed by atoms with Gasteiger partial charge in [0.05, 0.1) is 35.1 Å². The Balaban J connectivity index is 0.970. The molecule has 14 heteroatoms. The minimum Gasteiger partial charge on any atom is -0.491 e. The molecule has 1 aromatic carbocycles. The first-order valence-corrected chi connectivity index (χ1v) is 17.8. The Labute approximate surface area is 253 Å². The molecule has 0 radical (unpaired) electrons. The van der Waals surface area contributed by atoms with E-state index in [0.717, 1.165) is 6.42 Å². The van der Waals surface area contributed by atoms with E-state index >= 15 is 0 Å². The fraction of sp³-hybridized carbons (Fsp3) is 0.621. The van der Waals surface area contributed by atoms with Gasteiger partial charge in [-0.05, 0) is 63.3 Å². The third-order valence-corrected chi connectivity index (χ3v) is 12.8. The molecular formula is C29H40N4O8S2. The standard InChI is InChI=1S/C29H40N4O8S2/c1-20-17-32(2)27-13-26(16-31-28(27)41-20)43(37,38)33-10-8-29(9-11-33)14-21(18-40-29)30-15-22(34)19-39-23-4-3-5-25(12-23)42(35,36)24-6-7-24/h3-5,12-13,16,20-22,24,30,34H,6-11,14-15,17-19H2,1-2H3/t20-,21-,22+/m1/s1. The van der Waals surface area contributed by atoms with Gasteiger partial charge in [0.1, 0.15) is 35.1 Å². The molecule has 3 aliphatic heterocycles. The molecule has 0 bridgehead atoms. The molecule has 2 aromatic rings. The van der Waals surface area contributed by atoms with Crippen molar-refractivity contribution in [2.45, 2.75) is 77.9 Å². The van der Waals surface area contributed by atoms with Crippen molar-refractivity contribution in [3.63, 3.8) is 0 Å². The number of hydrogen-bond donors (Lipinski definition) is 2. The number of nitrogens with one attached hydrogen (secondary N) is 1. The van der Waals surface area contributed by atoms with Crippen molar-refractivity contribution in [3.8, 4) is 11.6 Å². The molecule has 43 heavy (non-hydrogen) atoms. The second kappa shape index (κ2) is 11.8. The first-order valence-electron chi connectivity index (χ1n) is 14.9. The van der Waals surface area contributed by atoms with Gasteiger partial charge in [0.2, 0.25) is 15.9 Å². The van der Waals surface area contributed by atoms with Gasteiger partial charge in [-0.25, -0.2) is 21.8 Å². The summed E-state index contributed by atoms with van der Waals surface area (Å²) in [5.41, 5.74) is 0.264. The minimum atomic E-state index is -3.72. The number of hydrogen-bond acceptors (Lipinski definition) is 11. The molecule has 12 nitrogen and oxygen atoms in total. The van der Waals surface area contributed by atoms with Crippen LogP contribution in [0.1, 0.15) is 39.0 Å². The summed E-state index contributed by atoms with van der Waals surface area (Å²) in [7, 11) is -5.13. The smallest absolute Gasteiger partial charge is 0.244 e. The molecule has 0 unspecified atom stereocenters. The van der Waals surface area contributed by atoms with E-state index in [1.165, 1.54) is 16.6 Å². The number of rotatable bonds is 10. The number of sulfone groups is 1. The molecule has 236 valence electrons. The van der Waals surface area contributed by atoms with Crippen molar-refractivity contribution in [2.75, 3.05) is 51.3 Å². The third kappa shape index (κ3) is 6.50. The predicted molar refractivity (Wildman–Crippen MR) is 159 cm³/mol. The number of piperidine rings is 1. The normalized spacial score (nSPS) is 24.9. The van der Waals surface area contributed by atoms with Crippen molar-refractivity contribution in [3.05, 3.63) is 36.5 Å². The predicted octanol–water partition coefficient (Wildman–Crippen LogP) is 1.58. The molecule has 1 aromatic heterocycles. The van der Waals surface area contributed by atoms with Gasteiger partial charge in [0.15, 0.2) is 9.84 Å². The van der Waals surface area contributed by atoms with E-state index in [9.17, 15) is 21.9 Å².